The third-order valence-electron chi connectivity index (χ3n) is 5.32. The third kappa shape index (κ3) is 4.30. The van der Waals surface area contributed by atoms with Gasteiger partial charge in [-0.15, -0.1) is 0 Å². The number of hydrogen-bond acceptors (Lipinski definition) is 2. The molecule has 0 amide bonds. The molecule has 28 heavy (non-hydrogen) atoms. The van der Waals surface area contributed by atoms with Crippen molar-refractivity contribution < 1.29 is 4.39 Å². The molecule has 1 N–H and O–H groups in total. The molecule has 0 fully saturated rings. The molecule has 1 atom stereocenters. The molecule has 1 aliphatic heterocycles. The van der Waals surface area contributed by atoms with E-state index in [1.807, 2.05) is 19.1 Å². The average Bonchev–Trinajstić information content (AvgIpc) is 2.68. The average molecular weight is 379 g/mol. The predicted octanol–water partition coefficient (Wildman–Crippen LogP) is 6.35. The maximum atomic E-state index is 13.8. The van der Waals surface area contributed by atoms with Crippen molar-refractivity contribution in [3.05, 3.63) is 82.8 Å². The summed E-state index contributed by atoms with van der Waals surface area (Å²) < 4.78 is 13.8. The Hall–Kier alpha value is -2.55. The van der Waals surface area contributed by atoms with Crippen molar-refractivity contribution in [2.45, 2.75) is 40.2 Å². The number of benzene rings is 2. The number of halogens is 1. The zero-order valence-electron chi connectivity index (χ0n) is 17.6. The van der Waals surface area contributed by atoms with Crippen molar-refractivity contribution in [1.29, 1.82) is 0 Å². The van der Waals surface area contributed by atoms with E-state index >= 15 is 0 Å². The van der Waals surface area contributed by atoms with Gasteiger partial charge in [0.15, 0.2) is 0 Å². The second-order valence-corrected chi connectivity index (χ2v) is 8.04. The Morgan fingerprint density at radius 1 is 1.14 bits per heavy atom. The highest BCUT2D eigenvalue weighted by Crippen LogP contribution is 2.38. The van der Waals surface area contributed by atoms with Crippen LogP contribution >= 0.6 is 0 Å². The molecule has 1 heterocycles. The van der Waals surface area contributed by atoms with Crippen molar-refractivity contribution in [2.75, 3.05) is 18.9 Å². The molecule has 3 heteroatoms. The largest absolute Gasteiger partial charge is 0.385 e. The van der Waals surface area contributed by atoms with Crippen molar-refractivity contribution >= 4 is 11.3 Å². The van der Waals surface area contributed by atoms with E-state index in [1.165, 1.54) is 22.4 Å². The van der Waals surface area contributed by atoms with E-state index in [0.29, 0.717) is 11.5 Å². The van der Waals surface area contributed by atoms with Gasteiger partial charge in [-0.3, -0.25) is 0 Å². The van der Waals surface area contributed by atoms with Gasteiger partial charge < -0.3 is 10.2 Å². The molecular formula is C25H31FN2. The van der Waals surface area contributed by atoms with Crippen LogP contribution in [-0.4, -0.2) is 18.5 Å². The van der Waals surface area contributed by atoms with Crippen LogP contribution in [0.25, 0.3) is 5.57 Å². The summed E-state index contributed by atoms with van der Waals surface area (Å²) in [7, 11) is 2.08. The van der Waals surface area contributed by atoms with E-state index in [4.69, 9.17) is 0 Å². The third-order valence-corrected chi connectivity index (χ3v) is 5.32. The van der Waals surface area contributed by atoms with E-state index in [2.05, 4.69) is 74.6 Å². The van der Waals surface area contributed by atoms with Gasteiger partial charge in [0, 0.05) is 19.3 Å². The van der Waals surface area contributed by atoms with Crippen LogP contribution in [0.1, 0.15) is 49.1 Å². The number of anilines is 1. The summed E-state index contributed by atoms with van der Waals surface area (Å²) in [5, 5.41) is 3.57. The molecule has 0 radical (unpaired) electrons. The van der Waals surface area contributed by atoms with Crippen LogP contribution in [-0.2, 0) is 6.42 Å². The fourth-order valence-corrected chi connectivity index (χ4v) is 3.74. The number of nitrogens with one attached hydrogen (secondary N) is 1. The summed E-state index contributed by atoms with van der Waals surface area (Å²) in [6.07, 6.45) is 7.32. The van der Waals surface area contributed by atoms with E-state index < -0.39 is 0 Å². The first-order chi connectivity index (χ1) is 13.4. The maximum absolute atomic E-state index is 13.8. The van der Waals surface area contributed by atoms with Gasteiger partial charge in [0.25, 0.3) is 0 Å². The van der Waals surface area contributed by atoms with Crippen molar-refractivity contribution in [3.63, 3.8) is 0 Å². The summed E-state index contributed by atoms with van der Waals surface area (Å²) in [5.74, 6) is 0.451. The minimum atomic E-state index is -0.155. The van der Waals surface area contributed by atoms with Crippen LogP contribution in [0.2, 0.25) is 0 Å². The van der Waals surface area contributed by atoms with Crippen LogP contribution in [0.15, 0.2) is 54.8 Å². The Balaban J connectivity index is 1.98. The Bertz CT molecular complexity index is 895. The SMILES string of the molecule is CCc1cc(C2=CC=CN(C)C2c2ccc(F)c(C)c2)ccc1NCC(C)C. The minimum absolute atomic E-state index is 0.0727. The first kappa shape index (κ1) is 20.2. The maximum Gasteiger partial charge on any atom is 0.126 e. The summed E-state index contributed by atoms with van der Waals surface area (Å²) in [5.41, 5.74) is 6.79. The van der Waals surface area contributed by atoms with E-state index in [-0.39, 0.29) is 11.9 Å². The fraction of sp³-hybridized carbons (Fsp3) is 0.360. The van der Waals surface area contributed by atoms with Crippen molar-refractivity contribution in [1.82, 2.24) is 4.90 Å². The number of hydrogen-bond donors (Lipinski definition) is 1. The molecule has 0 saturated heterocycles. The molecule has 3 rings (SSSR count). The van der Waals surface area contributed by atoms with E-state index in [0.717, 1.165) is 18.5 Å². The lowest BCUT2D eigenvalue weighted by Crippen LogP contribution is -2.23. The second kappa shape index (κ2) is 8.64. The number of aryl methyl sites for hydroxylation is 2. The molecule has 0 spiro atoms. The summed E-state index contributed by atoms with van der Waals surface area (Å²) >= 11 is 0. The highest BCUT2D eigenvalue weighted by molar-refractivity contribution is 5.76. The number of allylic oxidation sites excluding steroid dienone is 2. The lowest BCUT2D eigenvalue weighted by molar-refractivity contribution is 0.400. The highest BCUT2D eigenvalue weighted by Gasteiger charge is 2.24. The topological polar surface area (TPSA) is 15.3 Å². The molecule has 0 bridgehead atoms. The zero-order valence-corrected chi connectivity index (χ0v) is 17.6. The standard InChI is InChI=1S/C25H31FN2/c1-6-19-15-20(10-12-24(19)27-16-17(2)3)22-8-7-13-28(5)25(22)21-9-11-23(26)18(4)14-21/h7-15,17,25,27H,6,16H2,1-5H3. The predicted molar refractivity (Wildman–Crippen MR) is 118 cm³/mol. The molecule has 2 aromatic carbocycles. The van der Waals surface area contributed by atoms with Crippen molar-refractivity contribution in [2.24, 2.45) is 5.92 Å². The van der Waals surface area contributed by atoms with Crippen LogP contribution in [0, 0.1) is 18.7 Å². The Morgan fingerprint density at radius 3 is 2.61 bits per heavy atom. The lowest BCUT2D eigenvalue weighted by Gasteiger charge is -2.33. The normalized spacial score (nSPS) is 16.5. The smallest absolute Gasteiger partial charge is 0.126 e. The molecule has 1 unspecified atom stereocenters. The molecule has 0 saturated carbocycles. The van der Waals surface area contributed by atoms with Gasteiger partial charge in [0.1, 0.15) is 5.82 Å². The van der Waals surface area contributed by atoms with E-state index in [9.17, 15) is 4.39 Å². The number of rotatable bonds is 6. The first-order valence-electron chi connectivity index (χ1n) is 10.1. The fourth-order valence-electron chi connectivity index (χ4n) is 3.74. The van der Waals surface area contributed by atoms with Gasteiger partial charge in [-0.05, 0) is 77.6 Å². The van der Waals surface area contributed by atoms with Gasteiger partial charge >= 0.3 is 0 Å². The summed E-state index contributed by atoms with van der Waals surface area (Å²) in [6.45, 7) is 9.43. The molecule has 0 aliphatic carbocycles. The second-order valence-electron chi connectivity index (χ2n) is 8.04. The Morgan fingerprint density at radius 2 is 1.93 bits per heavy atom. The van der Waals surface area contributed by atoms with Gasteiger partial charge in [0.2, 0.25) is 0 Å². The van der Waals surface area contributed by atoms with Crippen molar-refractivity contribution in [3.8, 4) is 0 Å². The lowest BCUT2D eigenvalue weighted by atomic mass is 9.88. The molecule has 2 aromatic rings. The highest BCUT2D eigenvalue weighted by atomic mass is 19.1. The van der Waals surface area contributed by atoms with Crippen LogP contribution in [0.5, 0.6) is 0 Å². The molecule has 2 nitrogen and oxygen atoms in total. The molecule has 0 aromatic heterocycles. The Labute approximate surface area is 168 Å². The number of likely N-dealkylation sites (N-methyl/N-ethyl adjacent to an activating group) is 1. The van der Waals surface area contributed by atoms with Crippen LogP contribution in [0.4, 0.5) is 10.1 Å². The van der Waals surface area contributed by atoms with Gasteiger partial charge in [-0.2, -0.15) is 0 Å². The van der Waals surface area contributed by atoms with Gasteiger partial charge in [0.05, 0.1) is 6.04 Å². The van der Waals surface area contributed by atoms with Gasteiger partial charge in [-0.1, -0.05) is 45.0 Å². The summed E-state index contributed by atoms with van der Waals surface area (Å²) in [6, 6.07) is 12.2. The molecular weight excluding hydrogens is 347 g/mol. The zero-order chi connectivity index (χ0) is 20.3. The van der Waals surface area contributed by atoms with Crippen LogP contribution in [0.3, 0.4) is 0 Å². The first-order valence-corrected chi connectivity index (χ1v) is 10.1. The summed E-state index contributed by atoms with van der Waals surface area (Å²) in [4.78, 5) is 2.19. The minimum Gasteiger partial charge on any atom is -0.385 e. The van der Waals surface area contributed by atoms with Crippen LogP contribution < -0.4 is 5.32 Å². The molecule has 1 aliphatic rings. The quantitative estimate of drug-likeness (QED) is 0.630. The van der Waals surface area contributed by atoms with E-state index in [1.54, 1.807) is 6.07 Å². The molecule has 148 valence electrons. The Kier molecular flexibility index (Phi) is 6.23. The monoisotopic (exact) mass is 378 g/mol. The number of nitrogens with zero attached hydrogens (tertiary/aromatic N) is 1. The van der Waals surface area contributed by atoms with Gasteiger partial charge in [-0.25, -0.2) is 4.39 Å².